The van der Waals surface area contributed by atoms with Gasteiger partial charge in [0.05, 0.1) is 13.2 Å². The zero-order chi connectivity index (χ0) is 25.6. The van der Waals surface area contributed by atoms with Gasteiger partial charge in [0.2, 0.25) is 18.5 Å². The van der Waals surface area contributed by atoms with Gasteiger partial charge in [-0.1, -0.05) is 11.2 Å². The third-order valence-corrected chi connectivity index (χ3v) is 5.76. The van der Waals surface area contributed by atoms with E-state index >= 15 is 0 Å². The fourth-order valence-electron chi connectivity index (χ4n) is 4.03. The number of ether oxygens (including phenoxy) is 4. The van der Waals surface area contributed by atoms with Crippen LogP contribution >= 0.6 is 0 Å². The molecular formula is C27H28N4O6. The Bertz CT molecular complexity index is 1380. The molecular weight excluding hydrogens is 476 g/mol. The zero-order valence-electron chi connectivity index (χ0n) is 20.7. The maximum Gasteiger partial charge on any atom is 0.274 e. The topological polar surface area (TPSA) is 110 Å². The Morgan fingerprint density at radius 3 is 2.73 bits per heavy atom. The van der Waals surface area contributed by atoms with Crippen molar-refractivity contribution in [2.75, 3.05) is 26.6 Å². The average molecular weight is 505 g/mol. The first-order valence-electron chi connectivity index (χ1n) is 12.2. The van der Waals surface area contributed by atoms with E-state index in [0.717, 1.165) is 16.9 Å². The van der Waals surface area contributed by atoms with Crippen molar-refractivity contribution in [2.24, 2.45) is 0 Å². The maximum absolute atomic E-state index is 12.7. The normalized spacial score (nSPS) is 11.9. The minimum Gasteiger partial charge on any atom is -0.490 e. The number of carbonyl (C=O) groups excluding carboxylic acids is 1. The molecule has 0 saturated heterocycles. The van der Waals surface area contributed by atoms with Crippen LogP contribution in [0.1, 0.15) is 19.4 Å². The Morgan fingerprint density at radius 2 is 1.86 bits per heavy atom. The second-order valence-electron chi connectivity index (χ2n) is 8.26. The van der Waals surface area contributed by atoms with Gasteiger partial charge in [0.1, 0.15) is 12.2 Å². The number of carbonyl (C=O) groups is 1. The highest BCUT2D eigenvalue weighted by molar-refractivity contribution is 5.76. The molecule has 37 heavy (non-hydrogen) atoms. The fraction of sp³-hybridized carbons (Fsp3) is 0.296. The van der Waals surface area contributed by atoms with Gasteiger partial charge in [-0.05, 0) is 68.3 Å². The van der Waals surface area contributed by atoms with Crippen LogP contribution in [0.15, 0.2) is 59.3 Å². The number of hydrogen-bond donors (Lipinski definition) is 1. The first kappa shape index (κ1) is 24.2. The predicted octanol–water partition coefficient (Wildman–Crippen LogP) is 4.09. The number of hydrogen-bond acceptors (Lipinski definition) is 8. The molecule has 5 rings (SSSR count). The highest BCUT2D eigenvalue weighted by Gasteiger charge is 2.19. The van der Waals surface area contributed by atoms with Crippen molar-refractivity contribution in [1.82, 2.24) is 20.0 Å². The van der Waals surface area contributed by atoms with E-state index < -0.39 is 0 Å². The molecule has 0 spiro atoms. The molecule has 0 radical (unpaired) electrons. The van der Waals surface area contributed by atoms with Crippen LogP contribution in [0.3, 0.4) is 0 Å². The summed E-state index contributed by atoms with van der Waals surface area (Å²) in [6.45, 7) is 5.80. The summed E-state index contributed by atoms with van der Waals surface area (Å²) < 4.78 is 29.3. The second-order valence-corrected chi connectivity index (χ2v) is 8.26. The molecule has 2 aromatic heterocycles. The van der Waals surface area contributed by atoms with Crippen molar-refractivity contribution in [1.29, 1.82) is 0 Å². The molecule has 3 heterocycles. The third kappa shape index (κ3) is 5.53. The van der Waals surface area contributed by atoms with Gasteiger partial charge < -0.3 is 33.4 Å². The maximum atomic E-state index is 12.7. The lowest BCUT2D eigenvalue weighted by atomic mass is 10.1. The number of benzene rings is 2. The summed E-state index contributed by atoms with van der Waals surface area (Å²) >= 11 is 0. The monoisotopic (exact) mass is 504 g/mol. The number of fused-ring (bicyclic) bond motifs is 1. The lowest BCUT2D eigenvalue weighted by Gasteiger charge is -2.13. The molecule has 0 unspecified atom stereocenters. The smallest absolute Gasteiger partial charge is 0.274 e. The van der Waals surface area contributed by atoms with Crippen LogP contribution in [0, 0.1) is 0 Å². The Morgan fingerprint density at radius 1 is 1.03 bits per heavy atom. The van der Waals surface area contributed by atoms with Crippen LogP contribution in [0.2, 0.25) is 0 Å². The van der Waals surface area contributed by atoms with Gasteiger partial charge in [-0.25, -0.2) is 0 Å². The number of rotatable bonds is 11. The zero-order valence-corrected chi connectivity index (χ0v) is 20.7. The van der Waals surface area contributed by atoms with Gasteiger partial charge in [-0.3, -0.25) is 4.79 Å². The first-order chi connectivity index (χ1) is 18.1. The predicted molar refractivity (Wildman–Crippen MR) is 135 cm³/mol. The van der Waals surface area contributed by atoms with Gasteiger partial charge >= 0.3 is 0 Å². The molecule has 0 atom stereocenters. The summed E-state index contributed by atoms with van der Waals surface area (Å²) in [5.41, 5.74) is 2.45. The van der Waals surface area contributed by atoms with E-state index in [9.17, 15) is 4.79 Å². The third-order valence-electron chi connectivity index (χ3n) is 5.76. The molecule has 0 saturated carbocycles. The fourth-order valence-corrected chi connectivity index (χ4v) is 4.03. The Kier molecular flexibility index (Phi) is 7.25. The van der Waals surface area contributed by atoms with Gasteiger partial charge in [0.15, 0.2) is 23.0 Å². The van der Waals surface area contributed by atoms with Crippen LogP contribution in [0.4, 0.5) is 0 Å². The van der Waals surface area contributed by atoms with E-state index in [1.54, 1.807) is 10.8 Å². The van der Waals surface area contributed by atoms with Crippen LogP contribution in [0.5, 0.6) is 23.0 Å². The minimum atomic E-state index is -0.121. The van der Waals surface area contributed by atoms with Crippen LogP contribution < -0.4 is 24.3 Å². The molecule has 1 amide bonds. The first-order valence-corrected chi connectivity index (χ1v) is 12.2. The number of nitrogens with zero attached hydrogens (tertiary/aromatic N) is 3. The summed E-state index contributed by atoms with van der Waals surface area (Å²) in [4.78, 5) is 17.2. The van der Waals surface area contributed by atoms with Crippen LogP contribution in [-0.2, 0) is 17.8 Å². The number of amides is 1. The van der Waals surface area contributed by atoms with E-state index in [-0.39, 0.29) is 19.2 Å². The van der Waals surface area contributed by atoms with Crippen molar-refractivity contribution in [3.63, 3.8) is 0 Å². The largest absolute Gasteiger partial charge is 0.490 e. The lowest BCUT2D eigenvalue weighted by Crippen LogP contribution is -2.29. The van der Waals surface area contributed by atoms with Crippen molar-refractivity contribution in [3.05, 3.63) is 60.3 Å². The molecule has 192 valence electrons. The Balaban J connectivity index is 1.19. The van der Waals surface area contributed by atoms with Gasteiger partial charge in [-0.2, -0.15) is 4.98 Å². The van der Waals surface area contributed by atoms with Crippen molar-refractivity contribution < 1.29 is 28.3 Å². The molecule has 0 fully saturated rings. The van der Waals surface area contributed by atoms with Crippen molar-refractivity contribution in [3.8, 4) is 46.0 Å². The van der Waals surface area contributed by atoms with Crippen molar-refractivity contribution >= 4 is 5.91 Å². The second kappa shape index (κ2) is 11.1. The summed E-state index contributed by atoms with van der Waals surface area (Å²) in [6.07, 6.45) is 2.47. The Labute approximate surface area is 214 Å². The molecule has 10 heteroatoms. The van der Waals surface area contributed by atoms with E-state index in [1.165, 1.54) is 0 Å². The highest BCUT2D eigenvalue weighted by Crippen LogP contribution is 2.35. The SMILES string of the molecule is CCOc1ccc(CCNC(=O)Cn2cccc2-c2nc(-c3ccc4c(c3)OCO4)no2)cc1OCC. The summed E-state index contributed by atoms with van der Waals surface area (Å²) in [5.74, 6) is 3.39. The molecule has 4 aromatic rings. The number of nitrogens with one attached hydrogen (secondary N) is 1. The van der Waals surface area contributed by atoms with E-state index in [4.69, 9.17) is 23.5 Å². The lowest BCUT2D eigenvalue weighted by molar-refractivity contribution is -0.121. The van der Waals surface area contributed by atoms with E-state index in [2.05, 4.69) is 15.5 Å². The van der Waals surface area contributed by atoms with Gasteiger partial charge in [0.25, 0.3) is 5.89 Å². The molecule has 1 N–H and O–H groups in total. The molecule has 2 aromatic carbocycles. The van der Waals surface area contributed by atoms with Crippen LogP contribution in [-0.4, -0.2) is 47.2 Å². The minimum absolute atomic E-state index is 0.121. The molecule has 0 bridgehead atoms. The van der Waals surface area contributed by atoms with Gasteiger partial charge in [-0.15, -0.1) is 0 Å². The van der Waals surface area contributed by atoms with Crippen molar-refractivity contribution in [2.45, 2.75) is 26.8 Å². The summed E-state index contributed by atoms with van der Waals surface area (Å²) in [7, 11) is 0. The van der Waals surface area contributed by atoms with Gasteiger partial charge in [0, 0.05) is 18.3 Å². The van der Waals surface area contributed by atoms with E-state index in [1.807, 2.05) is 62.4 Å². The summed E-state index contributed by atoms with van der Waals surface area (Å²) in [6, 6.07) is 15.0. The Hall–Kier alpha value is -4.47. The summed E-state index contributed by atoms with van der Waals surface area (Å²) in [5, 5.41) is 7.06. The highest BCUT2D eigenvalue weighted by atomic mass is 16.7. The number of aromatic nitrogens is 3. The standard InChI is InChI=1S/C27H28N4O6/c1-3-33-21-9-7-18(14-23(21)34-4-2)11-12-28-25(32)16-31-13-5-6-20(31)27-29-26(30-37-27)19-8-10-22-24(15-19)36-17-35-22/h5-10,13-15H,3-4,11-12,16-17H2,1-2H3,(H,28,32). The molecule has 1 aliphatic rings. The quantitative estimate of drug-likeness (QED) is 0.325. The molecule has 1 aliphatic heterocycles. The van der Waals surface area contributed by atoms with E-state index in [0.29, 0.717) is 60.8 Å². The van der Waals surface area contributed by atoms with Crippen LogP contribution in [0.25, 0.3) is 23.0 Å². The average Bonchev–Trinajstić information content (AvgIpc) is 3.66. The molecule has 10 nitrogen and oxygen atoms in total. The molecule has 0 aliphatic carbocycles.